The molecule has 9 rings (SSSR count). The van der Waals surface area contributed by atoms with Gasteiger partial charge in [-0.25, -0.2) is 0 Å². The summed E-state index contributed by atoms with van der Waals surface area (Å²) in [4.78, 5) is 0. The predicted octanol–water partition coefficient (Wildman–Crippen LogP) is 35.7. The standard InChI is InChI=1S/2C36H48.3C16H24/c2*1-17-20(4)26(10)33(27(11)21(17)5)32(16)36(34-28(12)22(6)18(2)23(7)29(34)13)35-30(14)24(8)19(3)25(9)31(35)15;3*1-9(2)10(3)16-14(7)12(5)11(4)13(6)15(16)8/h2*1-16H3;3*1-8H3. The van der Waals surface area contributed by atoms with Crippen LogP contribution in [0.15, 0.2) is 16.7 Å². The summed E-state index contributed by atoms with van der Waals surface area (Å²) in [5, 5.41) is 0. The molecule has 0 unspecified atom stereocenters. The molecular formula is C120H168. The van der Waals surface area contributed by atoms with Crippen molar-refractivity contribution in [2.75, 3.05) is 0 Å². The van der Waals surface area contributed by atoms with Crippen LogP contribution < -0.4 is 0 Å². The van der Waals surface area contributed by atoms with E-state index in [2.05, 4.69) is 388 Å². The normalized spacial score (nSPS) is 11.0. The average molecular weight is 1610 g/mol. The molecule has 0 bridgehead atoms. The lowest BCUT2D eigenvalue weighted by Gasteiger charge is -2.29. The van der Waals surface area contributed by atoms with Gasteiger partial charge in [-0.05, 0) is 727 Å². The van der Waals surface area contributed by atoms with Gasteiger partial charge in [-0.3, -0.25) is 0 Å². The number of hydrogen-bond donors (Lipinski definition) is 0. The Balaban J connectivity index is 0.000000282. The van der Waals surface area contributed by atoms with E-state index in [4.69, 9.17) is 0 Å². The highest BCUT2D eigenvalue weighted by Gasteiger charge is 2.30. The van der Waals surface area contributed by atoms with Crippen LogP contribution in [0, 0.1) is 312 Å². The van der Waals surface area contributed by atoms with Crippen molar-refractivity contribution >= 4 is 39.0 Å². The van der Waals surface area contributed by atoms with E-state index in [1.807, 2.05) is 0 Å². The highest BCUT2D eigenvalue weighted by atomic mass is 14.3. The Hall–Kier alpha value is -8.32. The third kappa shape index (κ3) is 18.6. The van der Waals surface area contributed by atoms with Crippen LogP contribution in [-0.4, -0.2) is 0 Å². The van der Waals surface area contributed by atoms with Gasteiger partial charge < -0.3 is 0 Å². The maximum absolute atomic E-state index is 2.38. The third-order valence-electron chi connectivity index (χ3n) is 32.9. The molecule has 648 valence electrons. The van der Waals surface area contributed by atoms with Crippen molar-refractivity contribution in [1.29, 1.82) is 0 Å². The molecule has 0 fully saturated rings. The highest BCUT2D eigenvalue weighted by Crippen LogP contribution is 2.49. The maximum Gasteiger partial charge on any atom is -0.00649 e. The fourth-order valence-electron chi connectivity index (χ4n) is 19.8. The van der Waals surface area contributed by atoms with Crippen LogP contribution >= 0.6 is 0 Å². The van der Waals surface area contributed by atoms with E-state index in [0.29, 0.717) is 0 Å². The Morgan fingerprint density at radius 2 is 0.150 bits per heavy atom. The lowest BCUT2D eigenvalue weighted by molar-refractivity contribution is 1.13. The molecule has 120 heavy (non-hydrogen) atoms. The van der Waals surface area contributed by atoms with Crippen LogP contribution in [0.1, 0.15) is 377 Å². The van der Waals surface area contributed by atoms with Gasteiger partial charge in [0.1, 0.15) is 0 Å². The molecule has 9 aromatic rings. The topological polar surface area (TPSA) is 0 Å². The molecule has 0 aromatic heterocycles. The van der Waals surface area contributed by atoms with E-state index in [1.165, 1.54) is 356 Å². The fourth-order valence-corrected chi connectivity index (χ4v) is 19.8. The largest absolute Gasteiger partial charge is 0.0729 e. The van der Waals surface area contributed by atoms with E-state index in [-0.39, 0.29) is 0 Å². The van der Waals surface area contributed by atoms with E-state index >= 15 is 0 Å². The van der Waals surface area contributed by atoms with Gasteiger partial charge in [-0.15, -0.1) is 0 Å². The maximum atomic E-state index is 2.38. The molecule has 0 radical (unpaired) electrons. The van der Waals surface area contributed by atoms with E-state index in [0.717, 1.165) is 0 Å². The van der Waals surface area contributed by atoms with Gasteiger partial charge in [0.15, 0.2) is 0 Å². The monoisotopic (exact) mass is 1610 g/mol. The number of benzene rings is 9. The van der Waals surface area contributed by atoms with Crippen LogP contribution in [0.25, 0.3) is 39.0 Å². The van der Waals surface area contributed by atoms with Gasteiger partial charge in [-0.2, -0.15) is 0 Å². The molecule has 9 aromatic carbocycles. The molecular weight excluding hydrogens is 1440 g/mol. The zero-order valence-electron chi connectivity index (χ0n) is 88.0. The zero-order valence-corrected chi connectivity index (χ0v) is 88.0. The first-order chi connectivity index (χ1) is 55.0. The number of allylic oxidation sites excluding steroid dienone is 8. The van der Waals surface area contributed by atoms with Gasteiger partial charge in [0.25, 0.3) is 0 Å². The minimum absolute atomic E-state index is 1.40. The summed E-state index contributed by atoms with van der Waals surface area (Å²) in [5.41, 5.74) is 91.3. The van der Waals surface area contributed by atoms with Crippen molar-refractivity contribution in [3.8, 4) is 0 Å². The molecule has 0 amide bonds. The van der Waals surface area contributed by atoms with Crippen LogP contribution in [0.4, 0.5) is 0 Å². The summed E-state index contributed by atoms with van der Waals surface area (Å²) in [6.45, 7) is 127. The van der Waals surface area contributed by atoms with Crippen LogP contribution in [0.3, 0.4) is 0 Å². The zero-order chi connectivity index (χ0) is 93.0. The van der Waals surface area contributed by atoms with Crippen LogP contribution in [0.2, 0.25) is 0 Å². The molecule has 0 aliphatic rings. The molecule has 0 heteroatoms. The Bertz CT molecular complexity index is 4990. The van der Waals surface area contributed by atoms with Gasteiger partial charge in [0.2, 0.25) is 0 Å². The van der Waals surface area contributed by atoms with E-state index < -0.39 is 0 Å². The van der Waals surface area contributed by atoms with Crippen molar-refractivity contribution in [1.82, 2.24) is 0 Å². The Kier molecular flexibility index (Phi) is 33.6. The second-order valence-electron chi connectivity index (χ2n) is 38.4. The van der Waals surface area contributed by atoms with Gasteiger partial charge in [0.05, 0.1) is 0 Å². The van der Waals surface area contributed by atoms with Crippen molar-refractivity contribution in [2.45, 2.75) is 388 Å². The quantitative estimate of drug-likeness (QED) is 0.126. The second kappa shape index (κ2) is 39.5. The van der Waals surface area contributed by atoms with Gasteiger partial charge in [0, 0.05) is 0 Å². The Labute approximate surface area is 739 Å². The summed E-state index contributed by atoms with van der Waals surface area (Å²) in [5.74, 6) is 0. The summed E-state index contributed by atoms with van der Waals surface area (Å²) in [6, 6.07) is 0. The minimum Gasteiger partial charge on any atom is -0.0729 e. The summed E-state index contributed by atoms with van der Waals surface area (Å²) in [6.07, 6.45) is 0. The van der Waals surface area contributed by atoms with Gasteiger partial charge in [-0.1, -0.05) is 16.7 Å². The first-order valence-electron chi connectivity index (χ1n) is 45.0. The smallest absolute Gasteiger partial charge is 0.00649 e. The number of rotatable bonds is 9. The third-order valence-corrected chi connectivity index (χ3v) is 32.9. The molecule has 0 atom stereocenters. The van der Waals surface area contributed by atoms with Crippen molar-refractivity contribution in [2.24, 2.45) is 0 Å². The SMILES string of the molecule is CC(=C(c1c(C)c(C)c(C)c(C)c1C)c1c(C)c(C)c(C)c(C)c1C)c1c(C)c(C)c(C)c(C)c1C.CC(=C(c1c(C)c(C)c(C)c(C)c1C)c1c(C)c(C)c(C)c(C)c1C)c1c(C)c(C)c(C)c(C)c1C.CC(C)=C(C)c1c(C)c(C)c(C)c(C)c1C.CC(C)=C(C)c1c(C)c(C)c(C)c(C)c1C.CC(C)=C(C)c1c(C)c(C)c(C)c(C)c1C. The van der Waals surface area contributed by atoms with Crippen molar-refractivity contribution < 1.29 is 0 Å². The molecule has 0 nitrogen and oxygen atoms in total. The van der Waals surface area contributed by atoms with E-state index in [1.54, 1.807) is 0 Å². The Morgan fingerprint density at radius 3 is 0.233 bits per heavy atom. The first-order valence-corrected chi connectivity index (χ1v) is 45.0. The average Bonchev–Trinajstić information content (AvgIpc) is 0.724. The summed E-state index contributed by atoms with van der Waals surface area (Å²) < 4.78 is 0. The van der Waals surface area contributed by atoms with Crippen LogP contribution in [-0.2, 0) is 0 Å². The second-order valence-corrected chi connectivity index (χ2v) is 38.4. The first kappa shape index (κ1) is 102. The lowest BCUT2D eigenvalue weighted by Crippen LogP contribution is -2.10. The van der Waals surface area contributed by atoms with E-state index in [9.17, 15) is 0 Å². The molecule has 0 N–H and O–H groups in total. The number of hydrogen-bond acceptors (Lipinski definition) is 0. The fraction of sp³-hybridized carbons (Fsp3) is 0.467. The highest BCUT2D eigenvalue weighted by molar-refractivity contribution is 6.05. The molecule has 0 saturated carbocycles. The molecule has 0 aliphatic carbocycles. The molecule has 0 heterocycles. The molecule has 0 aliphatic heterocycles. The van der Waals surface area contributed by atoms with Gasteiger partial charge >= 0.3 is 0 Å². The Morgan fingerprint density at radius 1 is 0.0833 bits per heavy atom. The minimum atomic E-state index is 1.40. The summed E-state index contributed by atoms with van der Waals surface area (Å²) in [7, 11) is 0. The molecule has 0 spiro atoms. The van der Waals surface area contributed by atoms with Crippen LogP contribution in [0.5, 0.6) is 0 Å². The summed E-state index contributed by atoms with van der Waals surface area (Å²) >= 11 is 0. The lowest BCUT2D eigenvalue weighted by atomic mass is 9.75. The molecule has 0 saturated heterocycles. The van der Waals surface area contributed by atoms with Crippen molar-refractivity contribution in [3.05, 3.63) is 317 Å². The predicted molar refractivity (Wildman–Crippen MR) is 546 cm³/mol. The van der Waals surface area contributed by atoms with Crippen molar-refractivity contribution in [3.63, 3.8) is 0 Å².